The summed E-state index contributed by atoms with van der Waals surface area (Å²) in [5, 5.41) is 2.54. The Labute approximate surface area is 68.7 Å². The number of nitrogens with zero attached hydrogens (tertiary/aromatic N) is 1. The molecule has 4 nitrogen and oxygen atoms in total. The molecule has 0 aromatic carbocycles. The smallest absolute Gasteiger partial charge is 0.222 e. The van der Waals surface area contributed by atoms with E-state index in [-0.39, 0.29) is 5.91 Å². The van der Waals surface area contributed by atoms with Gasteiger partial charge in [0.05, 0.1) is 0 Å². The van der Waals surface area contributed by atoms with Crippen LogP contribution in [-0.4, -0.2) is 15.9 Å². The first-order valence-corrected chi connectivity index (χ1v) is 3.42. The van der Waals surface area contributed by atoms with Crippen molar-refractivity contribution in [3.63, 3.8) is 0 Å². The van der Waals surface area contributed by atoms with E-state index in [2.05, 4.69) is 15.3 Å². The second-order valence-corrected chi connectivity index (χ2v) is 2.36. The lowest BCUT2D eigenvalue weighted by molar-refractivity contribution is -0.114. The number of aromatic nitrogens is 2. The number of carbonyl (C=O) groups excluding carboxylic acids is 1. The van der Waals surface area contributed by atoms with E-state index in [0.29, 0.717) is 10.6 Å². The average molecular weight is 169 g/mol. The molecule has 58 valence electrons. The molecule has 0 radical (unpaired) electrons. The Hall–Kier alpha value is -1.23. The average Bonchev–Trinajstić information content (AvgIpc) is 1.85. The van der Waals surface area contributed by atoms with Gasteiger partial charge in [-0.2, -0.15) is 0 Å². The summed E-state index contributed by atoms with van der Waals surface area (Å²) in [6.07, 6.45) is 1.53. The molecule has 1 heterocycles. The molecule has 0 saturated carbocycles. The predicted octanol–water partition coefficient (Wildman–Crippen LogP) is 1.10. The van der Waals surface area contributed by atoms with Crippen molar-refractivity contribution in [2.75, 3.05) is 5.32 Å². The van der Waals surface area contributed by atoms with E-state index in [4.69, 9.17) is 12.2 Å². The van der Waals surface area contributed by atoms with Gasteiger partial charge in [-0.1, -0.05) is 0 Å². The molecule has 1 aromatic heterocycles. The van der Waals surface area contributed by atoms with E-state index in [1.54, 1.807) is 6.07 Å². The molecule has 0 aliphatic heterocycles. The maximum absolute atomic E-state index is 10.5. The molecule has 1 amide bonds. The van der Waals surface area contributed by atoms with E-state index >= 15 is 0 Å². The van der Waals surface area contributed by atoms with Crippen LogP contribution in [0.5, 0.6) is 0 Å². The molecule has 11 heavy (non-hydrogen) atoms. The van der Waals surface area contributed by atoms with Gasteiger partial charge in [0.1, 0.15) is 5.82 Å². The normalized spacial score (nSPS) is 9.18. The second-order valence-electron chi connectivity index (χ2n) is 1.97. The molecule has 2 N–H and O–H groups in total. The lowest BCUT2D eigenvalue weighted by Crippen LogP contribution is -2.07. The largest absolute Gasteiger partial charge is 0.317 e. The van der Waals surface area contributed by atoms with Crippen LogP contribution in [0.25, 0.3) is 0 Å². The molecule has 0 saturated heterocycles. The second kappa shape index (κ2) is 3.25. The summed E-state index contributed by atoms with van der Waals surface area (Å²) in [6.45, 7) is 1.43. The molecular weight excluding hydrogens is 162 g/mol. The Morgan fingerprint density at radius 1 is 1.82 bits per heavy atom. The standard InChI is InChI=1S/C6H7N3OS/c1-4(10)8-5-2-3-7-6(11)9-5/h2-3H,1H3,(H2,7,8,9,10,11). The zero-order chi connectivity index (χ0) is 8.27. The van der Waals surface area contributed by atoms with E-state index in [1.165, 1.54) is 13.1 Å². The first-order valence-electron chi connectivity index (χ1n) is 3.01. The van der Waals surface area contributed by atoms with Gasteiger partial charge < -0.3 is 10.3 Å². The van der Waals surface area contributed by atoms with E-state index in [1.807, 2.05) is 0 Å². The fourth-order valence-corrected chi connectivity index (χ4v) is 0.802. The highest BCUT2D eigenvalue weighted by molar-refractivity contribution is 7.71. The Kier molecular flexibility index (Phi) is 2.32. The zero-order valence-corrected chi connectivity index (χ0v) is 6.73. The highest BCUT2D eigenvalue weighted by Crippen LogP contribution is 1.97. The minimum atomic E-state index is -0.137. The Morgan fingerprint density at radius 3 is 3.09 bits per heavy atom. The van der Waals surface area contributed by atoms with Crippen LogP contribution >= 0.6 is 12.2 Å². The minimum Gasteiger partial charge on any atom is -0.317 e. The topological polar surface area (TPSA) is 57.8 Å². The summed E-state index contributed by atoms with van der Waals surface area (Å²) in [6, 6.07) is 1.64. The molecule has 0 spiro atoms. The number of nitrogens with one attached hydrogen (secondary N) is 2. The highest BCUT2D eigenvalue weighted by atomic mass is 32.1. The fourth-order valence-electron chi connectivity index (χ4n) is 0.631. The van der Waals surface area contributed by atoms with Gasteiger partial charge in [-0.15, -0.1) is 0 Å². The third-order valence-electron chi connectivity index (χ3n) is 0.985. The lowest BCUT2D eigenvalue weighted by Gasteiger charge is -1.98. The summed E-state index contributed by atoms with van der Waals surface area (Å²) >= 11 is 4.73. The van der Waals surface area contributed by atoms with Crippen LogP contribution in [0.3, 0.4) is 0 Å². The van der Waals surface area contributed by atoms with Crippen LogP contribution < -0.4 is 5.32 Å². The third-order valence-corrected chi connectivity index (χ3v) is 1.19. The predicted molar refractivity (Wildman–Crippen MR) is 43.7 cm³/mol. The highest BCUT2D eigenvalue weighted by Gasteiger charge is 1.92. The SMILES string of the molecule is CC(=O)Nc1ccnc(=S)[nH]1. The van der Waals surface area contributed by atoms with E-state index in [9.17, 15) is 4.79 Å². The summed E-state index contributed by atoms with van der Waals surface area (Å²) in [4.78, 5) is 17.0. The minimum absolute atomic E-state index is 0.137. The molecule has 0 aliphatic rings. The van der Waals surface area contributed by atoms with Crippen LogP contribution in [0.2, 0.25) is 0 Å². The maximum atomic E-state index is 10.5. The molecule has 0 aliphatic carbocycles. The Balaban J connectivity index is 2.88. The van der Waals surface area contributed by atoms with Crippen molar-refractivity contribution in [1.82, 2.24) is 9.97 Å². The molecule has 0 atom stereocenters. The Morgan fingerprint density at radius 2 is 2.55 bits per heavy atom. The first kappa shape index (κ1) is 7.87. The molecule has 1 aromatic rings. The molecule has 0 fully saturated rings. The number of hydrogen-bond acceptors (Lipinski definition) is 3. The van der Waals surface area contributed by atoms with Gasteiger partial charge >= 0.3 is 0 Å². The molecule has 1 rings (SSSR count). The van der Waals surface area contributed by atoms with Crippen molar-refractivity contribution in [3.8, 4) is 0 Å². The van der Waals surface area contributed by atoms with Crippen LogP contribution in [0.1, 0.15) is 6.92 Å². The van der Waals surface area contributed by atoms with Crippen molar-refractivity contribution in [1.29, 1.82) is 0 Å². The number of aromatic amines is 1. The molecule has 0 unspecified atom stereocenters. The van der Waals surface area contributed by atoms with Gasteiger partial charge in [0.25, 0.3) is 0 Å². The quantitative estimate of drug-likeness (QED) is 0.619. The van der Waals surface area contributed by atoms with Gasteiger partial charge in [0, 0.05) is 13.1 Å². The monoisotopic (exact) mass is 169 g/mol. The number of amides is 1. The Bertz CT molecular complexity index is 320. The number of H-pyrrole nitrogens is 1. The van der Waals surface area contributed by atoms with Crippen LogP contribution in [0.15, 0.2) is 12.3 Å². The van der Waals surface area contributed by atoms with Gasteiger partial charge in [-0.3, -0.25) is 4.79 Å². The molecule has 5 heteroatoms. The van der Waals surface area contributed by atoms with Gasteiger partial charge in [0.2, 0.25) is 5.91 Å². The lowest BCUT2D eigenvalue weighted by atomic mass is 10.5. The number of carbonyl (C=O) groups is 1. The van der Waals surface area contributed by atoms with Crippen LogP contribution in [-0.2, 0) is 4.79 Å². The van der Waals surface area contributed by atoms with Crippen LogP contribution in [0, 0.1) is 4.77 Å². The van der Waals surface area contributed by atoms with Gasteiger partial charge in [-0.25, -0.2) is 4.98 Å². The van der Waals surface area contributed by atoms with Gasteiger partial charge in [0.15, 0.2) is 4.77 Å². The summed E-state index contributed by atoms with van der Waals surface area (Å²) in [5.41, 5.74) is 0. The van der Waals surface area contributed by atoms with Crippen molar-refractivity contribution < 1.29 is 4.79 Å². The summed E-state index contributed by atoms with van der Waals surface area (Å²) in [5.74, 6) is 0.430. The molecular formula is C6H7N3OS. The van der Waals surface area contributed by atoms with Crippen molar-refractivity contribution >= 4 is 23.9 Å². The number of rotatable bonds is 1. The van der Waals surface area contributed by atoms with Crippen molar-refractivity contribution in [2.24, 2.45) is 0 Å². The van der Waals surface area contributed by atoms with E-state index < -0.39 is 0 Å². The summed E-state index contributed by atoms with van der Waals surface area (Å²) in [7, 11) is 0. The number of hydrogen-bond donors (Lipinski definition) is 2. The molecule has 0 bridgehead atoms. The van der Waals surface area contributed by atoms with Crippen molar-refractivity contribution in [2.45, 2.75) is 6.92 Å². The first-order chi connectivity index (χ1) is 5.18. The van der Waals surface area contributed by atoms with E-state index in [0.717, 1.165) is 0 Å². The summed E-state index contributed by atoms with van der Waals surface area (Å²) < 4.78 is 0.358. The van der Waals surface area contributed by atoms with Crippen molar-refractivity contribution in [3.05, 3.63) is 17.0 Å². The fraction of sp³-hybridized carbons (Fsp3) is 0.167. The zero-order valence-electron chi connectivity index (χ0n) is 5.92. The maximum Gasteiger partial charge on any atom is 0.222 e. The van der Waals surface area contributed by atoms with Crippen LogP contribution in [0.4, 0.5) is 5.82 Å². The third kappa shape index (κ3) is 2.46. The van der Waals surface area contributed by atoms with Gasteiger partial charge in [-0.05, 0) is 18.3 Å². The number of anilines is 1.